The number of carbonyl (C=O) groups is 2. The van der Waals surface area contributed by atoms with E-state index < -0.39 is 0 Å². The molecule has 12 heteroatoms. The average Bonchev–Trinajstić information content (AvgIpc) is 3.40. The van der Waals surface area contributed by atoms with Gasteiger partial charge in [-0.3, -0.25) is 19.8 Å². The van der Waals surface area contributed by atoms with Gasteiger partial charge in [-0.2, -0.15) is 0 Å². The van der Waals surface area contributed by atoms with Crippen LogP contribution in [0.2, 0.25) is 10.0 Å². The van der Waals surface area contributed by atoms with Gasteiger partial charge in [0.25, 0.3) is 11.8 Å². The molecule has 36 heavy (non-hydrogen) atoms. The average molecular weight is 581 g/mol. The standard InChI is InChI=1S/C24H19Cl2N3O4S3/c1-29-22(31)19(36-24(29)34)9-13-6-7-17(18(8-13)32-2)33-12-20(30)28-23-27-11-15(35-23)10-14-4-3-5-16(25)21(14)26/h3-9,11H,10,12H2,1-2H3,(H,27,28,30)/b19-9-. The number of likely N-dealkylation sites (N-methyl/N-ethyl adjacent to an activating group) is 1. The molecule has 0 saturated carbocycles. The van der Waals surface area contributed by atoms with Gasteiger partial charge in [-0.25, -0.2) is 4.98 Å². The van der Waals surface area contributed by atoms with Crippen molar-refractivity contribution in [2.24, 2.45) is 0 Å². The number of amides is 2. The molecule has 0 aliphatic carbocycles. The molecular formula is C24H19Cl2N3O4S3. The number of benzene rings is 2. The highest BCUT2D eigenvalue weighted by Crippen LogP contribution is 2.34. The van der Waals surface area contributed by atoms with Crippen molar-refractivity contribution in [3.8, 4) is 11.5 Å². The molecule has 0 unspecified atom stereocenters. The molecule has 2 heterocycles. The van der Waals surface area contributed by atoms with Gasteiger partial charge >= 0.3 is 0 Å². The van der Waals surface area contributed by atoms with Crippen LogP contribution in [0.3, 0.4) is 0 Å². The summed E-state index contributed by atoms with van der Waals surface area (Å²) < 4.78 is 11.6. The number of hydrogen-bond acceptors (Lipinski definition) is 8. The van der Waals surface area contributed by atoms with E-state index in [0.717, 1.165) is 16.0 Å². The summed E-state index contributed by atoms with van der Waals surface area (Å²) in [6.07, 6.45) is 3.97. The summed E-state index contributed by atoms with van der Waals surface area (Å²) in [4.78, 5) is 31.8. The number of ether oxygens (including phenoxy) is 2. The van der Waals surface area contributed by atoms with Crippen LogP contribution in [0.25, 0.3) is 6.08 Å². The maximum Gasteiger partial charge on any atom is 0.265 e. The fraction of sp³-hybridized carbons (Fsp3) is 0.167. The lowest BCUT2D eigenvalue weighted by atomic mass is 10.1. The van der Waals surface area contributed by atoms with E-state index in [4.69, 9.17) is 44.9 Å². The molecule has 2 aromatic carbocycles. The number of methoxy groups -OCH3 is 1. The first-order chi connectivity index (χ1) is 17.2. The third-order valence-corrected chi connectivity index (χ3v) is 8.28. The Bertz CT molecular complexity index is 1380. The Morgan fingerprint density at radius 3 is 2.78 bits per heavy atom. The minimum absolute atomic E-state index is 0.151. The second-order valence-corrected chi connectivity index (χ2v) is 11.1. The van der Waals surface area contributed by atoms with E-state index in [2.05, 4.69) is 10.3 Å². The normalized spacial score (nSPS) is 14.4. The van der Waals surface area contributed by atoms with E-state index in [1.54, 1.807) is 43.6 Å². The first kappa shape index (κ1) is 26.4. The quantitative estimate of drug-likeness (QED) is 0.263. The fourth-order valence-corrected chi connectivity index (χ4v) is 5.63. The zero-order valence-electron chi connectivity index (χ0n) is 19.0. The topological polar surface area (TPSA) is 80.8 Å². The first-order valence-electron chi connectivity index (χ1n) is 10.4. The SMILES string of the molecule is COc1cc(/C=C2\SC(=S)N(C)C2=O)ccc1OCC(=O)Nc1ncc(Cc2cccc(Cl)c2Cl)s1. The number of halogens is 2. The molecule has 7 nitrogen and oxygen atoms in total. The van der Waals surface area contributed by atoms with Crippen LogP contribution in [-0.4, -0.2) is 46.8 Å². The minimum atomic E-state index is -0.366. The largest absolute Gasteiger partial charge is 0.493 e. The lowest BCUT2D eigenvalue weighted by Crippen LogP contribution is -2.22. The Morgan fingerprint density at radius 2 is 2.06 bits per heavy atom. The number of thiazole rings is 1. The molecule has 0 bridgehead atoms. The monoisotopic (exact) mass is 579 g/mol. The lowest BCUT2D eigenvalue weighted by Gasteiger charge is -2.11. The van der Waals surface area contributed by atoms with E-state index >= 15 is 0 Å². The van der Waals surface area contributed by atoms with E-state index in [0.29, 0.717) is 42.3 Å². The van der Waals surface area contributed by atoms with Gasteiger partial charge in [-0.1, -0.05) is 65.4 Å². The number of carbonyl (C=O) groups excluding carboxylic acids is 2. The van der Waals surface area contributed by atoms with Crippen LogP contribution in [0.5, 0.6) is 11.5 Å². The van der Waals surface area contributed by atoms with Crippen molar-refractivity contribution in [1.29, 1.82) is 0 Å². The van der Waals surface area contributed by atoms with Crippen LogP contribution < -0.4 is 14.8 Å². The van der Waals surface area contributed by atoms with Crippen LogP contribution >= 0.6 is 58.5 Å². The first-order valence-corrected chi connectivity index (χ1v) is 13.2. The lowest BCUT2D eigenvalue weighted by molar-refractivity contribution is -0.121. The molecule has 0 spiro atoms. The van der Waals surface area contributed by atoms with Crippen molar-refractivity contribution in [1.82, 2.24) is 9.88 Å². The molecule has 3 aromatic rings. The number of anilines is 1. The fourth-order valence-electron chi connectivity index (χ4n) is 3.21. The van der Waals surface area contributed by atoms with Crippen molar-refractivity contribution in [2.75, 3.05) is 26.1 Å². The summed E-state index contributed by atoms with van der Waals surface area (Å²) >= 11 is 20.1. The maximum atomic E-state index is 12.4. The van der Waals surface area contributed by atoms with Gasteiger partial charge in [0, 0.05) is 24.5 Å². The van der Waals surface area contributed by atoms with Gasteiger partial charge in [0.2, 0.25) is 0 Å². The van der Waals surface area contributed by atoms with Gasteiger partial charge in [-0.05, 0) is 35.4 Å². The van der Waals surface area contributed by atoms with Gasteiger partial charge in [0.1, 0.15) is 4.32 Å². The molecule has 1 aromatic heterocycles. The Balaban J connectivity index is 1.35. The number of nitrogens with one attached hydrogen (secondary N) is 1. The summed E-state index contributed by atoms with van der Waals surface area (Å²) in [6, 6.07) is 10.6. The Hall–Kier alpha value is -2.63. The van der Waals surface area contributed by atoms with Crippen molar-refractivity contribution >= 4 is 85.9 Å². The molecule has 1 saturated heterocycles. The zero-order chi connectivity index (χ0) is 25.8. The molecule has 4 rings (SSSR count). The van der Waals surface area contributed by atoms with E-state index in [1.165, 1.54) is 35.1 Å². The molecule has 0 radical (unpaired) electrons. The van der Waals surface area contributed by atoms with Crippen molar-refractivity contribution < 1.29 is 19.1 Å². The smallest absolute Gasteiger partial charge is 0.265 e. The Labute approximate surface area is 231 Å². The molecule has 186 valence electrons. The number of thioether (sulfide) groups is 1. The highest BCUT2D eigenvalue weighted by molar-refractivity contribution is 8.26. The highest BCUT2D eigenvalue weighted by Gasteiger charge is 2.28. The highest BCUT2D eigenvalue weighted by atomic mass is 35.5. The molecule has 1 N–H and O–H groups in total. The number of hydrogen-bond donors (Lipinski definition) is 1. The van der Waals surface area contributed by atoms with Crippen LogP contribution in [-0.2, 0) is 16.0 Å². The van der Waals surface area contributed by atoms with E-state index in [9.17, 15) is 9.59 Å². The summed E-state index contributed by atoms with van der Waals surface area (Å²) in [6.45, 7) is -0.237. The number of rotatable bonds is 8. The van der Waals surface area contributed by atoms with E-state index in [-0.39, 0.29) is 18.4 Å². The van der Waals surface area contributed by atoms with Crippen molar-refractivity contribution in [2.45, 2.75) is 6.42 Å². The van der Waals surface area contributed by atoms with Crippen LogP contribution in [0.1, 0.15) is 16.0 Å². The summed E-state index contributed by atoms with van der Waals surface area (Å²) in [7, 11) is 3.14. The summed E-state index contributed by atoms with van der Waals surface area (Å²) in [5.74, 6) is 0.304. The molecule has 1 aliphatic rings. The predicted molar refractivity (Wildman–Crippen MR) is 149 cm³/mol. The predicted octanol–water partition coefficient (Wildman–Crippen LogP) is 5.90. The van der Waals surface area contributed by atoms with Crippen molar-refractivity contribution in [3.05, 3.63) is 73.5 Å². The number of nitrogens with zero attached hydrogens (tertiary/aromatic N) is 2. The molecule has 0 atom stereocenters. The van der Waals surface area contributed by atoms with Crippen molar-refractivity contribution in [3.63, 3.8) is 0 Å². The Morgan fingerprint density at radius 1 is 1.25 bits per heavy atom. The molecule has 1 fully saturated rings. The number of aromatic nitrogens is 1. The molecule has 1 aliphatic heterocycles. The molecular weight excluding hydrogens is 561 g/mol. The zero-order valence-corrected chi connectivity index (χ0v) is 23.0. The van der Waals surface area contributed by atoms with Gasteiger partial charge in [-0.15, -0.1) is 11.3 Å². The van der Waals surface area contributed by atoms with Crippen LogP contribution in [0, 0.1) is 0 Å². The third kappa shape index (κ3) is 6.19. The van der Waals surface area contributed by atoms with Gasteiger partial charge in [0.05, 0.1) is 22.1 Å². The van der Waals surface area contributed by atoms with Gasteiger partial charge < -0.3 is 9.47 Å². The van der Waals surface area contributed by atoms with Crippen LogP contribution in [0.4, 0.5) is 5.13 Å². The van der Waals surface area contributed by atoms with Crippen LogP contribution in [0.15, 0.2) is 47.5 Å². The maximum absolute atomic E-state index is 12.4. The van der Waals surface area contributed by atoms with E-state index in [1.807, 2.05) is 12.1 Å². The summed E-state index contributed by atoms with van der Waals surface area (Å²) in [5.41, 5.74) is 1.62. The third-order valence-electron chi connectivity index (χ3n) is 5.03. The Kier molecular flexibility index (Phi) is 8.53. The molecule has 2 amide bonds. The number of thiocarbonyl (C=S) groups is 1. The minimum Gasteiger partial charge on any atom is -0.493 e. The van der Waals surface area contributed by atoms with Gasteiger partial charge in [0.15, 0.2) is 23.2 Å². The second kappa shape index (κ2) is 11.6. The summed E-state index contributed by atoms with van der Waals surface area (Å²) in [5, 5.41) is 4.18. The second-order valence-electron chi connectivity index (χ2n) is 7.51.